The van der Waals surface area contributed by atoms with Crippen molar-refractivity contribution in [1.29, 1.82) is 0 Å². The third-order valence-electron chi connectivity index (χ3n) is 13.1. The molecule has 4 atom stereocenters. The van der Waals surface area contributed by atoms with E-state index in [2.05, 4.69) is 11.2 Å². The third kappa shape index (κ3) is 17.2. The highest BCUT2D eigenvalue weighted by Crippen LogP contribution is 2.31. The molecule has 6 amide bonds. The highest BCUT2D eigenvalue weighted by atomic mass is 32.3. The zero-order valence-corrected chi connectivity index (χ0v) is 46.6. The van der Waals surface area contributed by atoms with Crippen molar-refractivity contribution in [3.8, 4) is 34.5 Å². The number of carbonyl (C=O) groups excluding carboxylic acids is 6. The molecule has 0 spiro atoms. The van der Waals surface area contributed by atoms with E-state index >= 15 is 19.2 Å². The zero-order chi connectivity index (χ0) is 57.4. The molecule has 5 aromatic carbocycles. The van der Waals surface area contributed by atoms with E-state index in [0.29, 0.717) is 33.9 Å². The predicted molar refractivity (Wildman–Crippen MR) is 297 cm³/mol. The number of halogens is 1. The second-order valence-electron chi connectivity index (χ2n) is 19.0. The van der Waals surface area contributed by atoms with Crippen molar-refractivity contribution in [2.75, 3.05) is 78.6 Å². The smallest absolute Gasteiger partial charge is 0.279 e. The number of carbonyl (C=O) groups is 6. The van der Waals surface area contributed by atoms with Crippen molar-refractivity contribution in [1.82, 2.24) is 24.9 Å². The van der Waals surface area contributed by atoms with Gasteiger partial charge < -0.3 is 57.7 Å². The highest BCUT2D eigenvalue weighted by molar-refractivity contribution is 7.91. The number of benzene rings is 5. The molecule has 79 heavy (non-hydrogen) atoms. The van der Waals surface area contributed by atoms with Crippen molar-refractivity contribution in [2.24, 2.45) is 0 Å². The van der Waals surface area contributed by atoms with Gasteiger partial charge in [0.2, 0.25) is 35.4 Å². The van der Waals surface area contributed by atoms with Crippen molar-refractivity contribution >= 4 is 57.2 Å². The molecule has 0 aliphatic carbocycles. The molecule has 1 fully saturated rings. The van der Waals surface area contributed by atoms with Crippen LogP contribution in [0.1, 0.15) is 63.4 Å². The molecular weight excluding hydrogens is 1040 g/mol. The molecule has 19 nitrogen and oxygen atoms in total. The van der Waals surface area contributed by atoms with Gasteiger partial charge in [-0.2, -0.15) is 4.21 Å². The van der Waals surface area contributed by atoms with E-state index in [-0.39, 0.29) is 55.2 Å². The Hall–Kier alpha value is -8.17. The number of methoxy groups -OCH3 is 3. The molecule has 0 saturated carbocycles. The van der Waals surface area contributed by atoms with Gasteiger partial charge in [-0.3, -0.25) is 28.8 Å². The minimum absolute atomic E-state index is 0.0322. The Kier molecular flexibility index (Phi) is 21.2. The lowest BCUT2D eigenvalue weighted by molar-refractivity contribution is -0.148. The molecule has 0 aromatic heterocycles. The van der Waals surface area contributed by atoms with Crippen LogP contribution in [0.2, 0.25) is 0 Å². The van der Waals surface area contributed by atoms with Gasteiger partial charge in [0, 0.05) is 37.2 Å². The molecule has 6 rings (SSSR count). The molecule has 1 aliphatic heterocycles. The van der Waals surface area contributed by atoms with Gasteiger partial charge in [-0.15, -0.1) is 3.89 Å². The van der Waals surface area contributed by atoms with Gasteiger partial charge in [-0.05, 0) is 100 Å². The summed E-state index contributed by atoms with van der Waals surface area (Å²) in [4.78, 5) is 95.9. The van der Waals surface area contributed by atoms with Crippen LogP contribution in [0.3, 0.4) is 0 Å². The fourth-order valence-electron chi connectivity index (χ4n) is 8.73. The lowest BCUT2D eigenvalue weighted by Gasteiger charge is -2.36. The summed E-state index contributed by atoms with van der Waals surface area (Å²) >= 11 is 0. The largest absolute Gasteiger partial charge is 0.497 e. The lowest BCUT2D eigenvalue weighted by atomic mass is 10.0. The Morgan fingerprint density at radius 1 is 0.608 bits per heavy atom. The number of para-hydroxylation sites is 2. The van der Waals surface area contributed by atoms with Crippen LogP contribution >= 0.6 is 0 Å². The number of anilines is 1. The zero-order valence-electron chi connectivity index (χ0n) is 45.8. The first-order valence-corrected chi connectivity index (χ1v) is 27.1. The summed E-state index contributed by atoms with van der Waals surface area (Å²) in [5.41, 5.74) is 1.89. The number of nitrogens with one attached hydrogen (secondary N) is 1. The van der Waals surface area contributed by atoms with Gasteiger partial charge in [0.15, 0.2) is 0 Å². The van der Waals surface area contributed by atoms with Gasteiger partial charge in [-0.1, -0.05) is 60.7 Å². The van der Waals surface area contributed by atoms with E-state index in [0.717, 1.165) is 0 Å². The molecule has 1 saturated heterocycles. The standard InChI is InChI=1S/C58H69FN6O13S/c1-39(2)76-30-29-61-35-55(68)64(42(5)44-21-25-49(26-22-44)78-79(9,59)72)38-57(70)63(41(4)43-19-23-47(73-6)24-20-43)34-53(66)60-40(3)58(71)62(28-27-45-15-13-14-18-52(45)77-48-16-11-10-12-17-48)36-56(69)65(37-54(61)67)46-31-50(74-7)33-51(32-46)75-8/h10-26,31-33,39-42H,9,27-30,34-38H2,1-8H3,(H,60,66)/t40-,41+,42+,79?/m1/s1. The third-order valence-corrected chi connectivity index (χ3v) is 13.5. The first-order chi connectivity index (χ1) is 37.7. The summed E-state index contributed by atoms with van der Waals surface area (Å²) in [6.07, 6.45) is -0.0904. The Morgan fingerprint density at radius 2 is 1.15 bits per heavy atom. The molecule has 21 heteroatoms. The average Bonchev–Trinajstić information content (AvgIpc) is 3.47. The van der Waals surface area contributed by atoms with Crippen LogP contribution in [0.5, 0.6) is 34.5 Å². The van der Waals surface area contributed by atoms with E-state index < -0.39 is 96.5 Å². The van der Waals surface area contributed by atoms with Gasteiger partial charge in [0.1, 0.15) is 66.7 Å². The average molecular weight is 1110 g/mol. The maximum Gasteiger partial charge on any atom is 0.279 e. The summed E-state index contributed by atoms with van der Waals surface area (Å²) in [6, 6.07) is 30.5. The topological polar surface area (TPSA) is 203 Å². The van der Waals surface area contributed by atoms with Crippen molar-refractivity contribution in [3.63, 3.8) is 0 Å². The van der Waals surface area contributed by atoms with E-state index in [1.165, 1.54) is 89.2 Å². The van der Waals surface area contributed by atoms with Gasteiger partial charge in [0.05, 0.1) is 58.4 Å². The van der Waals surface area contributed by atoms with Gasteiger partial charge in [-0.25, -0.2) is 0 Å². The quantitative estimate of drug-likeness (QED) is 0.0672. The van der Waals surface area contributed by atoms with Crippen molar-refractivity contribution in [2.45, 2.75) is 65.3 Å². The minimum Gasteiger partial charge on any atom is -0.497 e. The molecule has 1 aliphatic rings. The number of hydrogen-bond donors (Lipinski definition) is 1. The summed E-state index contributed by atoms with van der Waals surface area (Å²) in [7, 11) is -0.0327. The SMILES string of the molecule is C=S(=O)(F)Oc1ccc([C@H](C)N2CC(=O)N([C@@H](C)c3ccc(OC)cc3)CC(=O)N[C@H](C)C(=O)N(CCc3ccccc3Oc3ccccc3)CC(=O)N(c3cc(OC)cc(OC)c3)CC(=O)N(CCOC(C)C)CC2=O)cc1. The molecule has 1 unspecified atom stereocenters. The van der Waals surface area contributed by atoms with E-state index in [1.807, 2.05) is 36.4 Å². The van der Waals surface area contributed by atoms with Crippen molar-refractivity contribution < 1.29 is 64.7 Å². The molecular formula is C58H69FN6O13S. The summed E-state index contributed by atoms with van der Waals surface area (Å²) in [5.74, 6) is 0.759. The predicted octanol–water partition coefficient (Wildman–Crippen LogP) is 6.76. The maximum atomic E-state index is 15.2. The number of amides is 6. The summed E-state index contributed by atoms with van der Waals surface area (Å²) in [5, 5.41) is 2.76. The molecule has 0 bridgehead atoms. The van der Waals surface area contributed by atoms with Gasteiger partial charge in [0.25, 0.3) is 10.2 Å². The Balaban J connectivity index is 1.47. The Bertz CT molecular complexity index is 3000. The molecule has 1 heterocycles. The van der Waals surface area contributed by atoms with E-state index in [9.17, 15) is 17.7 Å². The molecule has 1 N–H and O–H groups in total. The second kappa shape index (κ2) is 27.9. The number of nitrogens with zero attached hydrogens (tertiary/aromatic N) is 5. The molecule has 0 radical (unpaired) electrons. The second-order valence-corrected chi connectivity index (χ2v) is 20.2. The van der Waals surface area contributed by atoms with Crippen LogP contribution < -0.4 is 33.3 Å². The molecule has 5 aromatic rings. The van der Waals surface area contributed by atoms with Crippen molar-refractivity contribution in [3.05, 3.63) is 138 Å². The van der Waals surface area contributed by atoms with Gasteiger partial charge >= 0.3 is 0 Å². The van der Waals surface area contributed by atoms with Crippen LogP contribution in [-0.2, 0) is 50.1 Å². The fraction of sp³-hybridized carbons (Fsp3) is 0.362. The minimum atomic E-state index is -4.38. The van der Waals surface area contributed by atoms with E-state index in [4.69, 9.17) is 27.9 Å². The number of hydrogen-bond acceptors (Lipinski definition) is 13. The normalized spacial score (nSPS) is 17.1. The molecule has 422 valence electrons. The summed E-state index contributed by atoms with van der Waals surface area (Å²) < 4.78 is 59.2. The van der Waals surface area contributed by atoms with Crippen LogP contribution in [-0.4, -0.2) is 151 Å². The number of rotatable bonds is 19. The van der Waals surface area contributed by atoms with Crippen LogP contribution in [0.25, 0.3) is 0 Å². The monoisotopic (exact) mass is 1110 g/mol. The summed E-state index contributed by atoms with van der Waals surface area (Å²) in [6.45, 7) is 5.05. The Labute approximate surface area is 461 Å². The maximum absolute atomic E-state index is 15.2. The first-order valence-electron chi connectivity index (χ1n) is 25.6. The van der Waals surface area contributed by atoms with Crippen LogP contribution in [0, 0.1) is 0 Å². The first kappa shape index (κ1) is 60.1. The number of ether oxygens (including phenoxy) is 5. The van der Waals surface area contributed by atoms with Crippen LogP contribution in [0.4, 0.5) is 9.57 Å². The van der Waals surface area contributed by atoms with Crippen LogP contribution in [0.15, 0.2) is 121 Å². The lowest BCUT2D eigenvalue weighted by Crippen LogP contribution is -2.55. The Morgan fingerprint density at radius 3 is 1.73 bits per heavy atom. The highest BCUT2D eigenvalue weighted by Gasteiger charge is 2.35. The van der Waals surface area contributed by atoms with E-state index in [1.54, 1.807) is 76.2 Å². The fourth-order valence-corrected chi connectivity index (χ4v) is 9.13.